The zero-order valence-corrected chi connectivity index (χ0v) is 15.0. The second kappa shape index (κ2) is 9.30. The van der Waals surface area contributed by atoms with Gasteiger partial charge in [-0.25, -0.2) is 0 Å². The highest BCUT2D eigenvalue weighted by atomic mass is 32.2. The third-order valence-corrected chi connectivity index (χ3v) is 5.69. The van der Waals surface area contributed by atoms with Crippen LogP contribution in [-0.4, -0.2) is 79.1 Å². The van der Waals surface area contributed by atoms with Crippen LogP contribution in [0.1, 0.15) is 6.42 Å². The first kappa shape index (κ1) is 17.6. The molecular formula is C18H27N3O2S. The number of piperazine rings is 1. The molecule has 1 amide bonds. The fourth-order valence-electron chi connectivity index (χ4n) is 3.12. The van der Waals surface area contributed by atoms with Crippen molar-refractivity contribution in [3.8, 4) is 5.75 Å². The number of carbonyl (C=O) groups excluding carboxylic acids is 1. The van der Waals surface area contributed by atoms with E-state index in [-0.39, 0.29) is 0 Å². The zero-order chi connectivity index (χ0) is 16.6. The summed E-state index contributed by atoms with van der Waals surface area (Å²) in [5.41, 5.74) is 0. The molecule has 1 unspecified atom stereocenters. The van der Waals surface area contributed by atoms with Gasteiger partial charge in [0.25, 0.3) is 0 Å². The lowest BCUT2D eigenvalue weighted by molar-refractivity contribution is -0.133. The topological polar surface area (TPSA) is 44.8 Å². The standard InChI is InChI=1S/C18H27N3O2S/c22-18(14-16-15-24-13-6-19-16)21-9-7-20(8-10-21)11-12-23-17-4-2-1-3-5-17/h1-5,16,19H,6-15H2. The fraction of sp³-hybridized carbons (Fsp3) is 0.611. The quantitative estimate of drug-likeness (QED) is 0.839. The number of hydrogen-bond donors (Lipinski definition) is 1. The number of benzene rings is 1. The molecule has 1 atom stereocenters. The van der Waals surface area contributed by atoms with E-state index in [1.807, 2.05) is 47.0 Å². The van der Waals surface area contributed by atoms with Crippen molar-refractivity contribution in [1.29, 1.82) is 0 Å². The molecule has 24 heavy (non-hydrogen) atoms. The maximum atomic E-state index is 12.4. The minimum atomic E-state index is 0.301. The smallest absolute Gasteiger partial charge is 0.224 e. The second-order valence-corrected chi connectivity index (χ2v) is 7.46. The van der Waals surface area contributed by atoms with Gasteiger partial charge in [0.15, 0.2) is 0 Å². The van der Waals surface area contributed by atoms with Crippen molar-refractivity contribution >= 4 is 17.7 Å². The molecule has 1 aromatic rings. The molecular weight excluding hydrogens is 322 g/mol. The van der Waals surface area contributed by atoms with Gasteiger partial charge >= 0.3 is 0 Å². The largest absolute Gasteiger partial charge is 0.492 e. The average molecular weight is 350 g/mol. The van der Waals surface area contributed by atoms with Gasteiger partial charge in [-0.2, -0.15) is 11.8 Å². The molecule has 0 aromatic heterocycles. The number of thioether (sulfide) groups is 1. The van der Waals surface area contributed by atoms with Crippen molar-refractivity contribution in [2.24, 2.45) is 0 Å². The summed E-state index contributed by atoms with van der Waals surface area (Å²) in [6.45, 7) is 6.19. The summed E-state index contributed by atoms with van der Waals surface area (Å²) >= 11 is 1.94. The predicted octanol–water partition coefficient (Wildman–Crippen LogP) is 1.30. The molecule has 0 aliphatic carbocycles. The van der Waals surface area contributed by atoms with E-state index in [2.05, 4.69) is 10.2 Å². The molecule has 1 N–H and O–H groups in total. The lowest BCUT2D eigenvalue weighted by atomic mass is 10.2. The molecule has 2 aliphatic heterocycles. The molecule has 0 bridgehead atoms. The van der Waals surface area contributed by atoms with Crippen LogP contribution in [0, 0.1) is 0 Å². The monoisotopic (exact) mass is 349 g/mol. The Balaban J connectivity index is 1.32. The lowest BCUT2D eigenvalue weighted by Crippen LogP contribution is -2.51. The zero-order valence-electron chi connectivity index (χ0n) is 14.2. The van der Waals surface area contributed by atoms with Crippen molar-refractivity contribution in [3.63, 3.8) is 0 Å². The number of nitrogens with one attached hydrogen (secondary N) is 1. The highest BCUT2D eigenvalue weighted by molar-refractivity contribution is 7.99. The number of carbonyl (C=O) groups is 1. The number of hydrogen-bond acceptors (Lipinski definition) is 5. The van der Waals surface area contributed by atoms with Gasteiger partial charge in [0.1, 0.15) is 12.4 Å². The normalized spacial score (nSPS) is 22.3. The van der Waals surface area contributed by atoms with Crippen molar-refractivity contribution in [3.05, 3.63) is 30.3 Å². The molecule has 1 aromatic carbocycles. The summed E-state index contributed by atoms with van der Waals surface area (Å²) in [6.07, 6.45) is 0.643. The first-order chi connectivity index (χ1) is 11.8. The van der Waals surface area contributed by atoms with E-state index in [0.717, 1.165) is 56.5 Å². The molecule has 0 saturated carbocycles. The highest BCUT2D eigenvalue weighted by Crippen LogP contribution is 2.13. The van der Waals surface area contributed by atoms with E-state index in [0.29, 0.717) is 25.0 Å². The molecule has 3 rings (SSSR count). The Morgan fingerprint density at radius 1 is 1.21 bits per heavy atom. The van der Waals surface area contributed by atoms with Crippen LogP contribution in [0.3, 0.4) is 0 Å². The molecule has 0 radical (unpaired) electrons. The second-order valence-electron chi connectivity index (χ2n) is 6.31. The van der Waals surface area contributed by atoms with Crippen LogP contribution in [0.2, 0.25) is 0 Å². The third-order valence-electron chi connectivity index (χ3n) is 4.56. The average Bonchev–Trinajstić information content (AvgIpc) is 2.64. The SMILES string of the molecule is O=C(CC1CSCCN1)N1CCN(CCOc2ccccc2)CC1. The number of nitrogens with zero attached hydrogens (tertiary/aromatic N) is 2. The minimum absolute atomic E-state index is 0.301. The van der Waals surface area contributed by atoms with E-state index < -0.39 is 0 Å². The van der Waals surface area contributed by atoms with E-state index in [9.17, 15) is 4.79 Å². The Morgan fingerprint density at radius 3 is 2.71 bits per heavy atom. The maximum Gasteiger partial charge on any atom is 0.224 e. The Kier molecular flexibility index (Phi) is 6.81. The summed E-state index contributed by atoms with van der Waals surface area (Å²) in [6, 6.07) is 10.3. The molecule has 2 fully saturated rings. The Morgan fingerprint density at radius 2 is 2.00 bits per heavy atom. The number of amides is 1. The summed E-state index contributed by atoms with van der Waals surface area (Å²) in [7, 11) is 0. The Bertz CT molecular complexity index is 500. The minimum Gasteiger partial charge on any atom is -0.492 e. The lowest BCUT2D eigenvalue weighted by Gasteiger charge is -2.35. The molecule has 5 nitrogen and oxygen atoms in total. The van der Waals surface area contributed by atoms with Crippen LogP contribution >= 0.6 is 11.8 Å². The molecule has 132 valence electrons. The summed E-state index contributed by atoms with van der Waals surface area (Å²) in [4.78, 5) is 16.8. The number of ether oxygens (including phenoxy) is 1. The molecule has 0 spiro atoms. The molecule has 2 saturated heterocycles. The number of para-hydroxylation sites is 1. The van der Waals surface area contributed by atoms with Gasteiger partial charge in [-0.15, -0.1) is 0 Å². The van der Waals surface area contributed by atoms with Crippen LogP contribution in [0.5, 0.6) is 5.75 Å². The maximum absolute atomic E-state index is 12.4. The van der Waals surface area contributed by atoms with Crippen LogP contribution < -0.4 is 10.1 Å². The summed E-state index contributed by atoms with van der Waals surface area (Å²) < 4.78 is 5.75. The Labute approximate surface area is 148 Å². The molecule has 2 aliphatic rings. The van der Waals surface area contributed by atoms with E-state index in [1.54, 1.807) is 0 Å². The van der Waals surface area contributed by atoms with Gasteiger partial charge in [0.2, 0.25) is 5.91 Å². The van der Waals surface area contributed by atoms with Crippen molar-refractivity contribution < 1.29 is 9.53 Å². The van der Waals surface area contributed by atoms with Gasteiger partial charge in [-0.3, -0.25) is 9.69 Å². The molecule has 6 heteroatoms. The van der Waals surface area contributed by atoms with Crippen molar-refractivity contribution in [1.82, 2.24) is 15.1 Å². The van der Waals surface area contributed by atoms with Crippen LogP contribution in [0.4, 0.5) is 0 Å². The fourth-order valence-corrected chi connectivity index (χ4v) is 4.07. The summed E-state index contributed by atoms with van der Waals surface area (Å²) in [5, 5.41) is 3.45. The van der Waals surface area contributed by atoms with Crippen LogP contribution in [0.15, 0.2) is 30.3 Å². The van der Waals surface area contributed by atoms with Gasteiger partial charge in [0.05, 0.1) is 0 Å². The van der Waals surface area contributed by atoms with Gasteiger partial charge in [-0.05, 0) is 12.1 Å². The number of rotatable bonds is 6. The highest BCUT2D eigenvalue weighted by Gasteiger charge is 2.24. The van der Waals surface area contributed by atoms with Crippen LogP contribution in [-0.2, 0) is 4.79 Å². The van der Waals surface area contributed by atoms with Crippen molar-refractivity contribution in [2.45, 2.75) is 12.5 Å². The van der Waals surface area contributed by atoms with E-state index in [4.69, 9.17) is 4.74 Å². The molecule has 2 heterocycles. The van der Waals surface area contributed by atoms with Crippen LogP contribution in [0.25, 0.3) is 0 Å². The Hall–Kier alpha value is -1.24. The van der Waals surface area contributed by atoms with E-state index >= 15 is 0 Å². The first-order valence-electron chi connectivity index (χ1n) is 8.80. The summed E-state index contributed by atoms with van der Waals surface area (Å²) in [5.74, 6) is 3.44. The predicted molar refractivity (Wildman–Crippen MR) is 98.7 cm³/mol. The van der Waals surface area contributed by atoms with Crippen molar-refractivity contribution in [2.75, 3.05) is 57.4 Å². The van der Waals surface area contributed by atoms with Gasteiger partial charge < -0.3 is 15.0 Å². The van der Waals surface area contributed by atoms with E-state index in [1.165, 1.54) is 0 Å². The van der Waals surface area contributed by atoms with Gasteiger partial charge in [0, 0.05) is 63.2 Å². The van der Waals surface area contributed by atoms with Gasteiger partial charge in [-0.1, -0.05) is 18.2 Å². The first-order valence-corrected chi connectivity index (χ1v) is 9.96. The third kappa shape index (κ3) is 5.40.